The van der Waals surface area contributed by atoms with Crippen LogP contribution in [0.25, 0.3) is 0 Å². The Kier molecular flexibility index (Phi) is 4.23. The van der Waals surface area contributed by atoms with Crippen molar-refractivity contribution in [2.75, 3.05) is 32.1 Å². The number of hydrogen-bond acceptors (Lipinski definition) is 2. The highest BCUT2D eigenvalue weighted by molar-refractivity contribution is 6.18. The molecule has 0 aromatic rings. The van der Waals surface area contributed by atoms with Crippen molar-refractivity contribution >= 4 is 11.6 Å². The van der Waals surface area contributed by atoms with Crippen molar-refractivity contribution in [3.05, 3.63) is 12.2 Å². The smallest absolute Gasteiger partial charge is 0.0753 e. The van der Waals surface area contributed by atoms with E-state index in [1.54, 1.807) is 0 Å². The van der Waals surface area contributed by atoms with Crippen LogP contribution < -0.4 is 0 Å². The molecule has 0 saturated carbocycles. The number of rotatable bonds is 3. The standard InChI is InChI=1S/C10H18ClNO/c1-10(2)9-12(7-8-13-10)6-4-3-5-11/h3-4H,5-9H2,1-2H3. The molecule has 1 aliphatic heterocycles. The summed E-state index contributed by atoms with van der Waals surface area (Å²) in [7, 11) is 0. The van der Waals surface area contributed by atoms with Gasteiger partial charge in [0.15, 0.2) is 0 Å². The van der Waals surface area contributed by atoms with Gasteiger partial charge in [0.05, 0.1) is 12.2 Å². The first-order chi connectivity index (χ1) is 6.14. The summed E-state index contributed by atoms with van der Waals surface area (Å²) < 4.78 is 5.61. The van der Waals surface area contributed by atoms with Crippen LogP contribution in [0, 0.1) is 0 Å². The summed E-state index contributed by atoms with van der Waals surface area (Å²) in [4.78, 5) is 2.38. The maximum atomic E-state index is 5.61. The lowest BCUT2D eigenvalue weighted by Gasteiger charge is -2.37. The van der Waals surface area contributed by atoms with E-state index in [0.29, 0.717) is 5.88 Å². The van der Waals surface area contributed by atoms with E-state index in [1.807, 2.05) is 6.08 Å². The molecule has 0 aromatic heterocycles. The third-order valence-electron chi connectivity index (χ3n) is 2.12. The predicted octanol–water partition coefficient (Wildman–Crippen LogP) is 1.89. The van der Waals surface area contributed by atoms with Crippen molar-refractivity contribution in [1.82, 2.24) is 4.90 Å². The van der Waals surface area contributed by atoms with Crippen molar-refractivity contribution in [3.8, 4) is 0 Å². The van der Waals surface area contributed by atoms with Gasteiger partial charge in [-0.25, -0.2) is 0 Å². The van der Waals surface area contributed by atoms with Crippen LogP contribution in [0.2, 0.25) is 0 Å². The minimum absolute atomic E-state index is 0.00700. The Balaban J connectivity index is 2.30. The summed E-state index contributed by atoms with van der Waals surface area (Å²) in [5, 5.41) is 0. The van der Waals surface area contributed by atoms with Crippen molar-refractivity contribution < 1.29 is 4.74 Å². The Labute approximate surface area is 85.5 Å². The number of allylic oxidation sites excluding steroid dienone is 1. The zero-order valence-electron chi connectivity index (χ0n) is 8.42. The SMILES string of the molecule is CC1(C)CN(CC=CCCl)CCO1. The van der Waals surface area contributed by atoms with E-state index < -0.39 is 0 Å². The van der Waals surface area contributed by atoms with Gasteiger partial charge in [-0.2, -0.15) is 0 Å². The second-order valence-corrected chi connectivity index (χ2v) is 4.28. The van der Waals surface area contributed by atoms with Crippen molar-refractivity contribution in [2.45, 2.75) is 19.4 Å². The normalized spacial score (nSPS) is 23.9. The lowest BCUT2D eigenvalue weighted by molar-refractivity contribution is -0.0829. The van der Waals surface area contributed by atoms with Gasteiger partial charge < -0.3 is 4.74 Å². The molecule has 0 atom stereocenters. The molecule has 1 saturated heterocycles. The van der Waals surface area contributed by atoms with Gasteiger partial charge in [0, 0.05) is 25.5 Å². The maximum absolute atomic E-state index is 5.61. The largest absolute Gasteiger partial charge is 0.373 e. The Morgan fingerprint density at radius 2 is 2.23 bits per heavy atom. The molecule has 3 heteroatoms. The van der Waals surface area contributed by atoms with Crippen LogP contribution in [0.15, 0.2) is 12.2 Å². The van der Waals surface area contributed by atoms with E-state index in [2.05, 4.69) is 24.8 Å². The Bertz CT molecular complexity index is 180. The van der Waals surface area contributed by atoms with Crippen molar-refractivity contribution in [2.24, 2.45) is 0 Å². The van der Waals surface area contributed by atoms with Crippen LogP contribution in [0.5, 0.6) is 0 Å². The molecule has 0 N–H and O–H groups in total. The third kappa shape index (κ3) is 4.12. The molecule has 76 valence electrons. The van der Waals surface area contributed by atoms with E-state index in [1.165, 1.54) is 0 Å². The maximum Gasteiger partial charge on any atom is 0.0753 e. The Hall–Kier alpha value is -0.0500. The van der Waals surface area contributed by atoms with E-state index in [-0.39, 0.29) is 5.60 Å². The molecule has 0 aliphatic carbocycles. The molecule has 1 aliphatic rings. The summed E-state index contributed by atoms with van der Waals surface area (Å²) in [5.41, 5.74) is 0.00700. The van der Waals surface area contributed by atoms with Crippen LogP contribution in [0.3, 0.4) is 0 Å². The third-order valence-corrected chi connectivity index (χ3v) is 2.30. The van der Waals surface area contributed by atoms with Crippen LogP contribution in [0.4, 0.5) is 0 Å². The minimum Gasteiger partial charge on any atom is -0.373 e. The predicted molar refractivity (Wildman–Crippen MR) is 56.3 cm³/mol. The van der Waals surface area contributed by atoms with Gasteiger partial charge in [0.2, 0.25) is 0 Å². The molecule has 13 heavy (non-hydrogen) atoms. The van der Waals surface area contributed by atoms with Gasteiger partial charge in [-0.15, -0.1) is 11.6 Å². The van der Waals surface area contributed by atoms with E-state index >= 15 is 0 Å². The van der Waals surface area contributed by atoms with Gasteiger partial charge in [0.25, 0.3) is 0 Å². The topological polar surface area (TPSA) is 12.5 Å². The molecule has 0 radical (unpaired) electrons. The molecular weight excluding hydrogens is 186 g/mol. The van der Waals surface area contributed by atoms with E-state index in [9.17, 15) is 0 Å². The second kappa shape index (κ2) is 4.99. The van der Waals surface area contributed by atoms with Gasteiger partial charge in [0.1, 0.15) is 0 Å². The van der Waals surface area contributed by atoms with Crippen LogP contribution >= 0.6 is 11.6 Å². The molecule has 0 amide bonds. The van der Waals surface area contributed by atoms with E-state index in [0.717, 1.165) is 26.2 Å². The van der Waals surface area contributed by atoms with Gasteiger partial charge in [-0.1, -0.05) is 12.2 Å². The number of morpholine rings is 1. The first-order valence-corrected chi connectivity index (χ1v) is 5.25. The summed E-state index contributed by atoms with van der Waals surface area (Å²) in [6.45, 7) is 8.10. The zero-order valence-corrected chi connectivity index (χ0v) is 9.18. The number of ether oxygens (including phenoxy) is 1. The molecule has 0 bridgehead atoms. The van der Waals surface area contributed by atoms with Gasteiger partial charge >= 0.3 is 0 Å². The number of halogens is 1. The number of alkyl halides is 1. The highest BCUT2D eigenvalue weighted by atomic mass is 35.5. The van der Waals surface area contributed by atoms with Crippen LogP contribution in [-0.4, -0.2) is 42.6 Å². The lowest BCUT2D eigenvalue weighted by Crippen LogP contribution is -2.48. The lowest BCUT2D eigenvalue weighted by atomic mass is 10.1. The molecule has 0 aromatic carbocycles. The quantitative estimate of drug-likeness (QED) is 0.513. The highest BCUT2D eigenvalue weighted by Gasteiger charge is 2.26. The summed E-state index contributed by atoms with van der Waals surface area (Å²) >= 11 is 5.55. The van der Waals surface area contributed by atoms with Crippen molar-refractivity contribution in [1.29, 1.82) is 0 Å². The van der Waals surface area contributed by atoms with Crippen LogP contribution in [-0.2, 0) is 4.74 Å². The Morgan fingerprint density at radius 1 is 1.46 bits per heavy atom. The summed E-state index contributed by atoms with van der Waals surface area (Å²) in [6, 6.07) is 0. The first-order valence-electron chi connectivity index (χ1n) is 4.71. The molecule has 1 fully saturated rings. The zero-order chi connectivity index (χ0) is 9.73. The fourth-order valence-electron chi connectivity index (χ4n) is 1.56. The fraction of sp³-hybridized carbons (Fsp3) is 0.800. The monoisotopic (exact) mass is 203 g/mol. The Morgan fingerprint density at radius 3 is 2.85 bits per heavy atom. The average Bonchev–Trinajstić information content (AvgIpc) is 2.03. The number of nitrogens with zero attached hydrogens (tertiary/aromatic N) is 1. The van der Waals surface area contributed by atoms with Gasteiger partial charge in [-0.3, -0.25) is 4.90 Å². The molecule has 2 nitrogen and oxygen atoms in total. The summed E-state index contributed by atoms with van der Waals surface area (Å²) in [6.07, 6.45) is 4.11. The van der Waals surface area contributed by atoms with E-state index in [4.69, 9.17) is 16.3 Å². The second-order valence-electron chi connectivity index (χ2n) is 3.97. The van der Waals surface area contributed by atoms with Gasteiger partial charge in [-0.05, 0) is 13.8 Å². The highest BCUT2D eigenvalue weighted by Crippen LogP contribution is 2.15. The molecule has 1 heterocycles. The first kappa shape index (κ1) is 11.0. The molecular formula is C10H18ClNO. The number of hydrogen-bond donors (Lipinski definition) is 0. The minimum atomic E-state index is 0.00700. The fourth-order valence-corrected chi connectivity index (χ4v) is 1.68. The molecule has 1 rings (SSSR count). The molecule has 0 unspecified atom stereocenters. The van der Waals surface area contributed by atoms with Crippen molar-refractivity contribution in [3.63, 3.8) is 0 Å². The van der Waals surface area contributed by atoms with Crippen LogP contribution in [0.1, 0.15) is 13.8 Å². The summed E-state index contributed by atoms with van der Waals surface area (Å²) in [5.74, 6) is 0.605. The molecule has 0 spiro atoms. The average molecular weight is 204 g/mol.